The van der Waals surface area contributed by atoms with Gasteiger partial charge in [0, 0.05) is 13.1 Å². The van der Waals surface area contributed by atoms with E-state index in [1.807, 2.05) is 0 Å². The number of likely N-dealkylation sites (N-methyl/N-ethyl adjacent to an activating group) is 1. The SMILES string of the molecule is CCCCCCCCCCCC[N+]1(C)CCNCC1.O=S(=O)([N-]S(=O)(=O)C(F)(F)F)C(F)(F)F. The summed E-state index contributed by atoms with van der Waals surface area (Å²) < 4.78 is 110. The summed E-state index contributed by atoms with van der Waals surface area (Å²) in [6, 6.07) is 0. The highest BCUT2D eigenvalue weighted by Gasteiger charge is 2.46. The van der Waals surface area contributed by atoms with Crippen LogP contribution in [-0.4, -0.2) is 72.1 Å². The molecule has 0 spiro atoms. The van der Waals surface area contributed by atoms with Crippen molar-refractivity contribution in [2.75, 3.05) is 39.8 Å². The number of alkyl halides is 6. The Morgan fingerprint density at radius 2 is 1.06 bits per heavy atom. The summed E-state index contributed by atoms with van der Waals surface area (Å²) in [6.07, 6.45) is 14.5. The highest BCUT2D eigenvalue weighted by molar-refractivity contribution is 8.13. The van der Waals surface area contributed by atoms with E-state index >= 15 is 0 Å². The quantitative estimate of drug-likeness (QED) is 0.198. The van der Waals surface area contributed by atoms with E-state index in [0.717, 1.165) is 4.13 Å². The van der Waals surface area contributed by atoms with Gasteiger partial charge in [-0.15, -0.1) is 0 Å². The molecule has 0 radical (unpaired) electrons. The first kappa shape index (κ1) is 33.4. The van der Waals surface area contributed by atoms with Crippen molar-refractivity contribution in [3.8, 4) is 0 Å². The monoisotopic (exact) mass is 549 g/mol. The molecule has 1 N–H and O–H groups in total. The molecule has 0 amide bonds. The van der Waals surface area contributed by atoms with Gasteiger partial charge in [-0.05, 0) is 12.8 Å². The fourth-order valence-electron chi connectivity index (χ4n) is 3.35. The van der Waals surface area contributed by atoms with Crippen molar-refractivity contribution in [1.29, 1.82) is 0 Å². The van der Waals surface area contributed by atoms with Gasteiger partial charge in [0.15, 0.2) is 20.0 Å². The van der Waals surface area contributed by atoms with Gasteiger partial charge < -0.3 is 13.9 Å². The zero-order valence-electron chi connectivity index (χ0n) is 19.7. The predicted molar refractivity (Wildman–Crippen MR) is 119 cm³/mol. The third-order valence-electron chi connectivity index (χ3n) is 5.49. The van der Waals surface area contributed by atoms with E-state index in [-0.39, 0.29) is 0 Å². The third kappa shape index (κ3) is 13.4. The van der Waals surface area contributed by atoms with Gasteiger partial charge in [0.05, 0.1) is 26.7 Å². The summed E-state index contributed by atoms with van der Waals surface area (Å²) >= 11 is 0. The molecule has 1 saturated heterocycles. The largest absolute Gasteiger partial charge is 0.480 e. The van der Waals surface area contributed by atoms with Crippen molar-refractivity contribution in [1.82, 2.24) is 5.32 Å². The van der Waals surface area contributed by atoms with Crippen LogP contribution in [0.15, 0.2) is 0 Å². The molecule has 7 nitrogen and oxygen atoms in total. The van der Waals surface area contributed by atoms with Gasteiger partial charge in [0.2, 0.25) is 0 Å². The van der Waals surface area contributed by atoms with E-state index in [1.54, 1.807) is 0 Å². The second-order valence-electron chi connectivity index (χ2n) is 8.64. The first-order valence-corrected chi connectivity index (χ1v) is 14.3. The van der Waals surface area contributed by atoms with Gasteiger partial charge >= 0.3 is 11.0 Å². The number of hydrogen-bond donors (Lipinski definition) is 1. The third-order valence-corrected chi connectivity index (χ3v) is 8.23. The van der Waals surface area contributed by atoms with Gasteiger partial charge in [-0.2, -0.15) is 26.3 Å². The molecule has 15 heteroatoms. The summed E-state index contributed by atoms with van der Waals surface area (Å²) in [5.41, 5.74) is -12.4. The van der Waals surface area contributed by atoms with Crippen LogP contribution in [0.4, 0.5) is 26.3 Å². The fraction of sp³-hybridized carbons (Fsp3) is 1.00. The predicted octanol–water partition coefficient (Wildman–Crippen LogP) is 5.02. The highest BCUT2D eigenvalue weighted by atomic mass is 32.3. The lowest BCUT2D eigenvalue weighted by Crippen LogP contribution is -2.56. The highest BCUT2D eigenvalue weighted by Crippen LogP contribution is 2.36. The minimum atomic E-state index is -6.72. The Balaban J connectivity index is 0.000000661. The molecule has 0 aliphatic carbocycles. The number of piperazine rings is 1. The number of nitrogens with one attached hydrogen (secondary N) is 1. The van der Waals surface area contributed by atoms with Crippen molar-refractivity contribution in [2.24, 2.45) is 0 Å². The van der Waals surface area contributed by atoms with E-state index in [0.29, 0.717) is 0 Å². The molecule has 0 saturated carbocycles. The summed E-state index contributed by atoms with van der Waals surface area (Å²) in [4.78, 5) is 0. The first-order chi connectivity index (χ1) is 15.5. The minimum Gasteiger partial charge on any atom is -0.421 e. The second kappa shape index (κ2) is 14.8. The van der Waals surface area contributed by atoms with Crippen LogP contribution in [0.25, 0.3) is 4.13 Å². The van der Waals surface area contributed by atoms with Crippen LogP contribution in [0.2, 0.25) is 0 Å². The standard InChI is InChI=1S/C17H37N2.C2F6NO4S2/c1-3-4-5-6-7-8-9-10-11-12-15-19(2)16-13-18-14-17-19;3-1(4,5)14(10,11)9-15(12,13)2(6,7)8/h18H,3-17H2,1-2H3;/q+1;-1. The summed E-state index contributed by atoms with van der Waals surface area (Å²) in [7, 11) is -11.0. The Kier molecular flexibility index (Phi) is 14.5. The number of unbranched alkanes of at least 4 members (excludes halogenated alkanes) is 9. The van der Waals surface area contributed by atoms with Crippen LogP contribution >= 0.6 is 0 Å². The molecule has 1 heterocycles. The molecule has 1 rings (SSSR count). The van der Waals surface area contributed by atoms with E-state index in [2.05, 4.69) is 19.3 Å². The normalized spacial score (nSPS) is 17.2. The molecule has 0 aromatic heterocycles. The molecular weight excluding hydrogens is 512 g/mol. The maximum atomic E-state index is 11.4. The van der Waals surface area contributed by atoms with Gasteiger partial charge in [-0.3, -0.25) is 0 Å². The van der Waals surface area contributed by atoms with E-state index in [9.17, 15) is 43.2 Å². The van der Waals surface area contributed by atoms with Crippen molar-refractivity contribution in [3.05, 3.63) is 4.13 Å². The number of quaternary nitrogens is 1. The van der Waals surface area contributed by atoms with Crippen molar-refractivity contribution in [3.63, 3.8) is 0 Å². The van der Waals surface area contributed by atoms with Crippen LogP contribution in [0.1, 0.15) is 71.1 Å². The van der Waals surface area contributed by atoms with Crippen molar-refractivity contribution < 1.29 is 47.7 Å². The van der Waals surface area contributed by atoms with Crippen LogP contribution in [0, 0.1) is 0 Å². The molecule has 1 aliphatic rings. The van der Waals surface area contributed by atoms with E-state index in [4.69, 9.17) is 0 Å². The average Bonchev–Trinajstić information content (AvgIpc) is 2.68. The van der Waals surface area contributed by atoms with Gasteiger partial charge in [0.1, 0.15) is 0 Å². The molecule has 0 atom stereocenters. The number of rotatable bonds is 13. The molecule has 1 fully saturated rings. The smallest absolute Gasteiger partial charge is 0.421 e. The molecule has 0 unspecified atom stereocenters. The lowest BCUT2D eigenvalue weighted by Gasteiger charge is -2.38. The Morgan fingerprint density at radius 3 is 1.41 bits per heavy atom. The number of sulfonamides is 2. The van der Waals surface area contributed by atoms with Gasteiger partial charge in [0.25, 0.3) is 0 Å². The molecule has 1 aliphatic heterocycles. The van der Waals surface area contributed by atoms with Crippen molar-refractivity contribution >= 4 is 20.0 Å². The van der Waals surface area contributed by atoms with Crippen LogP contribution in [0.3, 0.4) is 0 Å². The fourth-order valence-corrected chi connectivity index (χ4v) is 5.06. The minimum absolute atomic E-state index is 0.778. The van der Waals surface area contributed by atoms with E-state index < -0.39 is 31.1 Å². The molecule has 0 aromatic rings. The Hall–Kier alpha value is -0.640. The van der Waals surface area contributed by atoms with Gasteiger partial charge in [-0.25, -0.2) is 16.8 Å². The summed E-state index contributed by atoms with van der Waals surface area (Å²) in [5, 5.41) is 3.46. The van der Waals surface area contributed by atoms with Crippen LogP contribution in [-0.2, 0) is 20.0 Å². The average molecular weight is 550 g/mol. The van der Waals surface area contributed by atoms with Crippen molar-refractivity contribution in [2.45, 2.75) is 82.1 Å². The summed E-state index contributed by atoms with van der Waals surface area (Å²) in [6.45, 7) is 8.79. The molecular formula is C19H37F6N3O4S2. The zero-order valence-corrected chi connectivity index (χ0v) is 21.4. The lowest BCUT2D eigenvalue weighted by atomic mass is 10.1. The van der Waals surface area contributed by atoms with Crippen LogP contribution in [0.5, 0.6) is 0 Å². The molecule has 0 aromatic carbocycles. The Labute approximate surface area is 199 Å². The first-order valence-electron chi connectivity index (χ1n) is 11.4. The van der Waals surface area contributed by atoms with Crippen LogP contribution < -0.4 is 5.32 Å². The Bertz CT molecular complexity index is 724. The number of halogens is 6. The lowest BCUT2D eigenvalue weighted by molar-refractivity contribution is -0.911. The van der Waals surface area contributed by atoms with E-state index in [1.165, 1.54) is 101 Å². The molecule has 0 bridgehead atoms. The number of nitrogens with zero attached hydrogens (tertiary/aromatic N) is 2. The maximum absolute atomic E-state index is 11.4. The second-order valence-corrected chi connectivity index (χ2v) is 12.1. The maximum Gasteiger partial charge on any atom is 0.480 e. The molecule has 34 heavy (non-hydrogen) atoms. The number of hydrogen-bond acceptors (Lipinski definition) is 5. The molecule has 206 valence electrons. The Morgan fingerprint density at radius 1 is 0.706 bits per heavy atom. The topological polar surface area (TPSA) is 94.4 Å². The zero-order chi connectivity index (χ0) is 26.5. The van der Waals surface area contributed by atoms with Gasteiger partial charge in [-0.1, -0.05) is 58.3 Å². The summed E-state index contributed by atoms with van der Waals surface area (Å²) in [5.74, 6) is 0.